The van der Waals surface area contributed by atoms with Crippen LogP contribution in [0.1, 0.15) is 73.1 Å². The minimum Gasteiger partial charge on any atom is -0.464 e. The first kappa shape index (κ1) is 33.7. The third-order valence-electron chi connectivity index (χ3n) is 4.20. The second-order valence-electron chi connectivity index (χ2n) is 8.83. The molecule has 0 saturated heterocycles. The number of allylic oxidation sites excluding steroid dienone is 2. The van der Waals surface area contributed by atoms with Gasteiger partial charge in [-0.15, -0.1) is 13.2 Å². The molecule has 0 saturated carbocycles. The number of nitrogens with one attached hydrogen (secondary N) is 1. The van der Waals surface area contributed by atoms with Crippen LogP contribution in [0.15, 0.2) is 30.3 Å². The van der Waals surface area contributed by atoms with Gasteiger partial charge in [0, 0.05) is 34.1 Å². The smallest absolute Gasteiger partial charge is 0.337 e. The Hall–Kier alpha value is -2.52. The summed E-state index contributed by atoms with van der Waals surface area (Å²) in [7, 11) is 0. The highest BCUT2D eigenvalue weighted by Gasteiger charge is 2.34. The third kappa shape index (κ3) is 16.2. The highest BCUT2D eigenvalue weighted by molar-refractivity contribution is 5.97. The lowest BCUT2D eigenvalue weighted by Crippen LogP contribution is -2.45. The number of hydrogen-bond acceptors (Lipinski definition) is 6. The molecule has 1 N–H and O–H groups in total. The van der Waals surface area contributed by atoms with Crippen molar-refractivity contribution in [1.82, 2.24) is 5.32 Å². The van der Waals surface area contributed by atoms with Crippen LogP contribution < -0.4 is 5.32 Å². The number of nitrogens with zero attached hydrogens (tertiary/aromatic N) is 1. The Morgan fingerprint density at radius 1 is 1.18 bits per heavy atom. The standard InChI is InChI=1S/C13H22FNO3.C11H16FNO2.B/c1-5-7-8-11(16)15-10(9-13(3,4)14)12(17)18-6-2;1-4-5-6-9-13-8(10(14)15-9)7-11(2,3)12;/h5,10H,1,6-9H2,2-4H3,(H,15,16);4,8H,1,5-7H2,2-3H3;/t10-;;/m1../s1. The molecule has 0 fully saturated rings. The normalized spacial score (nSPS) is 16.0. The highest BCUT2D eigenvalue weighted by atomic mass is 19.1. The number of aliphatic imine (C=N–C) groups is 1. The van der Waals surface area contributed by atoms with Crippen LogP contribution in [0, 0.1) is 0 Å². The predicted molar refractivity (Wildman–Crippen MR) is 130 cm³/mol. The summed E-state index contributed by atoms with van der Waals surface area (Å²) in [5.74, 6) is -0.957. The monoisotopic (exact) mass is 483 g/mol. The Bertz CT molecular complexity index is 715. The van der Waals surface area contributed by atoms with Gasteiger partial charge in [-0.25, -0.2) is 23.4 Å². The Balaban J connectivity index is 0. The molecule has 10 heteroatoms. The minimum atomic E-state index is -1.55. The molecule has 1 amide bonds. The summed E-state index contributed by atoms with van der Waals surface area (Å²) in [6, 6.07) is -1.62. The van der Waals surface area contributed by atoms with E-state index in [0.29, 0.717) is 25.2 Å². The Labute approximate surface area is 204 Å². The topological polar surface area (TPSA) is 94.1 Å². The van der Waals surface area contributed by atoms with E-state index in [1.54, 1.807) is 19.1 Å². The zero-order chi connectivity index (χ0) is 25.7. The number of rotatable bonds is 13. The molecule has 3 radical (unpaired) electrons. The first-order chi connectivity index (χ1) is 15.2. The summed E-state index contributed by atoms with van der Waals surface area (Å²) in [6.07, 6.45) is 5.30. The van der Waals surface area contributed by atoms with Crippen molar-refractivity contribution in [2.45, 2.75) is 96.6 Å². The first-order valence-electron chi connectivity index (χ1n) is 11.1. The van der Waals surface area contributed by atoms with Crippen molar-refractivity contribution in [2.24, 2.45) is 4.99 Å². The number of carbonyl (C=O) groups excluding carboxylic acids is 3. The van der Waals surface area contributed by atoms with Crippen LogP contribution in [-0.2, 0) is 23.9 Å². The van der Waals surface area contributed by atoms with E-state index in [1.807, 2.05) is 0 Å². The highest BCUT2D eigenvalue weighted by Crippen LogP contribution is 2.23. The maximum Gasteiger partial charge on any atom is 0.337 e. The fraction of sp³-hybridized carbons (Fsp3) is 0.667. The van der Waals surface area contributed by atoms with Crippen molar-refractivity contribution >= 4 is 32.2 Å². The summed E-state index contributed by atoms with van der Waals surface area (Å²) in [6.45, 7) is 14.5. The van der Waals surface area contributed by atoms with Crippen molar-refractivity contribution < 1.29 is 32.6 Å². The van der Waals surface area contributed by atoms with Crippen LogP contribution in [0.2, 0.25) is 0 Å². The van der Waals surface area contributed by atoms with Gasteiger partial charge in [0.2, 0.25) is 5.91 Å². The van der Waals surface area contributed by atoms with Crippen LogP contribution in [-0.4, -0.2) is 62.2 Å². The maximum absolute atomic E-state index is 13.6. The fourth-order valence-electron chi connectivity index (χ4n) is 2.79. The van der Waals surface area contributed by atoms with Crippen LogP contribution in [0.4, 0.5) is 8.78 Å². The van der Waals surface area contributed by atoms with Gasteiger partial charge in [-0.1, -0.05) is 12.2 Å². The second-order valence-corrected chi connectivity index (χ2v) is 8.83. The largest absolute Gasteiger partial charge is 0.464 e. The number of hydrogen-bond donors (Lipinski definition) is 1. The molecule has 1 aliphatic heterocycles. The molecule has 0 aromatic carbocycles. The molecular weight excluding hydrogens is 445 g/mol. The summed E-state index contributed by atoms with van der Waals surface area (Å²) in [5, 5.41) is 2.49. The van der Waals surface area contributed by atoms with Gasteiger partial charge in [-0.3, -0.25) is 4.79 Å². The number of alkyl halides is 2. The minimum absolute atomic E-state index is 0. The molecule has 7 nitrogen and oxygen atoms in total. The molecule has 0 aromatic heterocycles. The molecular formula is C24H38BF2N2O5. The van der Waals surface area contributed by atoms with Crippen LogP contribution in [0.25, 0.3) is 0 Å². The molecule has 34 heavy (non-hydrogen) atoms. The Kier molecular flexibility index (Phi) is 16.0. The van der Waals surface area contributed by atoms with E-state index in [2.05, 4.69) is 23.5 Å². The van der Waals surface area contributed by atoms with Gasteiger partial charge in [0.05, 0.1) is 6.61 Å². The molecule has 191 valence electrons. The van der Waals surface area contributed by atoms with Crippen molar-refractivity contribution in [3.8, 4) is 0 Å². The van der Waals surface area contributed by atoms with Crippen LogP contribution in [0.5, 0.6) is 0 Å². The van der Waals surface area contributed by atoms with Crippen LogP contribution in [0.3, 0.4) is 0 Å². The zero-order valence-electron chi connectivity index (χ0n) is 21.0. The number of ether oxygens (including phenoxy) is 2. The van der Waals surface area contributed by atoms with Gasteiger partial charge in [0.25, 0.3) is 0 Å². The Morgan fingerprint density at radius 3 is 2.24 bits per heavy atom. The average Bonchev–Trinajstić information content (AvgIpc) is 3.01. The van der Waals surface area contributed by atoms with Crippen molar-refractivity contribution in [2.75, 3.05) is 6.61 Å². The van der Waals surface area contributed by atoms with Gasteiger partial charge in [-0.05, 0) is 47.5 Å². The number of carbonyl (C=O) groups is 3. The van der Waals surface area contributed by atoms with E-state index in [9.17, 15) is 23.2 Å². The van der Waals surface area contributed by atoms with Crippen molar-refractivity contribution in [3.05, 3.63) is 25.3 Å². The molecule has 0 aliphatic carbocycles. The molecule has 1 rings (SSSR count). The summed E-state index contributed by atoms with van der Waals surface area (Å²) >= 11 is 0. The summed E-state index contributed by atoms with van der Waals surface area (Å²) < 4.78 is 36.6. The quantitative estimate of drug-likeness (QED) is 0.241. The van der Waals surface area contributed by atoms with Crippen molar-refractivity contribution in [1.29, 1.82) is 0 Å². The predicted octanol–water partition coefficient (Wildman–Crippen LogP) is 4.17. The van der Waals surface area contributed by atoms with Gasteiger partial charge < -0.3 is 14.8 Å². The number of amides is 1. The molecule has 0 spiro atoms. The van der Waals surface area contributed by atoms with Crippen LogP contribution >= 0.6 is 0 Å². The first-order valence-corrected chi connectivity index (χ1v) is 11.1. The maximum atomic E-state index is 13.6. The molecule has 1 unspecified atom stereocenters. The second kappa shape index (κ2) is 16.2. The molecule has 0 aromatic rings. The fourth-order valence-corrected chi connectivity index (χ4v) is 2.79. The van der Waals surface area contributed by atoms with Gasteiger partial charge in [0.15, 0.2) is 11.9 Å². The van der Waals surface area contributed by atoms with Gasteiger partial charge >= 0.3 is 11.9 Å². The number of esters is 2. The Morgan fingerprint density at radius 2 is 1.76 bits per heavy atom. The van der Waals surface area contributed by atoms with Crippen molar-refractivity contribution in [3.63, 3.8) is 0 Å². The van der Waals surface area contributed by atoms with E-state index in [-0.39, 0.29) is 40.2 Å². The average molecular weight is 483 g/mol. The van der Waals surface area contributed by atoms with E-state index in [1.165, 1.54) is 27.7 Å². The molecule has 0 bridgehead atoms. The lowest BCUT2D eigenvalue weighted by atomic mass is 10.0. The van der Waals surface area contributed by atoms with E-state index in [0.717, 1.165) is 0 Å². The van der Waals surface area contributed by atoms with Gasteiger partial charge in [-0.2, -0.15) is 0 Å². The lowest BCUT2D eigenvalue weighted by Gasteiger charge is -2.22. The molecule has 2 atom stereocenters. The SMILES string of the molecule is C=CCCC(=O)N[C@H](CC(C)(C)F)C(=O)OCC.C=CCCC1=NC(CC(C)(C)F)C(=O)O1.[B]. The third-order valence-corrected chi connectivity index (χ3v) is 4.20. The number of halogens is 2. The summed E-state index contributed by atoms with van der Waals surface area (Å²) in [4.78, 5) is 38.5. The van der Waals surface area contributed by atoms with E-state index >= 15 is 0 Å². The molecule has 1 aliphatic rings. The van der Waals surface area contributed by atoms with E-state index in [4.69, 9.17) is 9.47 Å². The summed E-state index contributed by atoms with van der Waals surface area (Å²) in [5.41, 5.74) is -2.95. The molecule has 1 heterocycles. The zero-order valence-corrected chi connectivity index (χ0v) is 21.0. The lowest BCUT2D eigenvalue weighted by molar-refractivity contribution is -0.148. The van der Waals surface area contributed by atoms with Gasteiger partial charge in [0.1, 0.15) is 17.4 Å². The number of cyclic esters (lactones) is 1. The van der Waals surface area contributed by atoms with E-state index < -0.39 is 35.4 Å².